The van der Waals surface area contributed by atoms with Gasteiger partial charge in [0, 0.05) is 5.56 Å². The van der Waals surface area contributed by atoms with E-state index in [1.54, 1.807) is 11.7 Å². The number of carbonyl (C=O) groups is 1. The number of methoxy groups -OCH3 is 1. The first-order chi connectivity index (χ1) is 13.9. The third kappa shape index (κ3) is 3.92. The number of nitrogens with zero attached hydrogens (tertiary/aromatic N) is 3. The number of benzene rings is 2. The Morgan fingerprint density at radius 3 is 2.76 bits per heavy atom. The molecule has 7 nitrogen and oxygen atoms in total. The van der Waals surface area contributed by atoms with Crippen LogP contribution in [0.3, 0.4) is 0 Å². The van der Waals surface area contributed by atoms with Gasteiger partial charge in [-0.1, -0.05) is 17.4 Å². The minimum Gasteiger partial charge on any atom is -0.497 e. The lowest BCUT2D eigenvalue weighted by molar-refractivity contribution is -0.116. The standard InChI is InChI=1S/C20H19N5O2S2/c1-11-8-12(2)17-15(9-11)29-19(22-17)21-16(26)10-25-18(23-24-20(25)28)13-4-6-14(27-3)7-5-13/h4-9H,10H2,1-3H3,(H,24,28)(H,21,22,26). The van der Waals surface area contributed by atoms with Crippen LogP contribution in [0.2, 0.25) is 0 Å². The molecule has 9 heteroatoms. The number of hydrogen-bond donors (Lipinski definition) is 2. The molecule has 0 aliphatic heterocycles. The van der Waals surface area contributed by atoms with Gasteiger partial charge in [0.05, 0.1) is 17.3 Å². The van der Waals surface area contributed by atoms with Crippen molar-refractivity contribution >= 4 is 44.8 Å². The molecule has 2 heterocycles. The van der Waals surface area contributed by atoms with Crippen LogP contribution >= 0.6 is 23.6 Å². The van der Waals surface area contributed by atoms with E-state index < -0.39 is 0 Å². The maximum absolute atomic E-state index is 12.7. The molecule has 0 atom stereocenters. The molecule has 29 heavy (non-hydrogen) atoms. The number of H-pyrrole nitrogens is 1. The Morgan fingerprint density at radius 1 is 1.28 bits per heavy atom. The molecule has 0 bridgehead atoms. The topological polar surface area (TPSA) is 84.8 Å². The van der Waals surface area contributed by atoms with Crippen LogP contribution in [0.4, 0.5) is 5.13 Å². The first-order valence-corrected chi connectivity index (χ1v) is 10.1. The van der Waals surface area contributed by atoms with E-state index >= 15 is 0 Å². The number of anilines is 1. The summed E-state index contributed by atoms with van der Waals surface area (Å²) in [4.78, 5) is 17.2. The number of aryl methyl sites for hydroxylation is 2. The number of aromatic nitrogens is 4. The van der Waals surface area contributed by atoms with Crippen LogP contribution in [0.5, 0.6) is 5.75 Å². The van der Waals surface area contributed by atoms with Crippen molar-refractivity contribution in [2.45, 2.75) is 20.4 Å². The predicted molar refractivity (Wildman–Crippen MR) is 117 cm³/mol. The monoisotopic (exact) mass is 425 g/mol. The van der Waals surface area contributed by atoms with Crippen LogP contribution in [0.15, 0.2) is 36.4 Å². The van der Waals surface area contributed by atoms with E-state index in [-0.39, 0.29) is 12.5 Å². The molecule has 0 aliphatic carbocycles. The van der Waals surface area contributed by atoms with Crippen LogP contribution in [-0.2, 0) is 11.3 Å². The second kappa shape index (κ2) is 7.76. The van der Waals surface area contributed by atoms with Gasteiger partial charge in [0.2, 0.25) is 5.91 Å². The maximum atomic E-state index is 12.7. The summed E-state index contributed by atoms with van der Waals surface area (Å²) in [5.74, 6) is 1.11. The summed E-state index contributed by atoms with van der Waals surface area (Å²) in [7, 11) is 1.61. The van der Waals surface area contributed by atoms with Crippen LogP contribution in [0.1, 0.15) is 11.1 Å². The largest absolute Gasteiger partial charge is 0.497 e. The summed E-state index contributed by atoms with van der Waals surface area (Å²) in [6, 6.07) is 11.6. The second-order valence-corrected chi connectivity index (χ2v) is 8.08. The van der Waals surface area contributed by atoms with E-state index in [2.05, 4.69) is 32.6 Å². The van der Waals surface area contributed by atoms with E-state index in [1.165, 1.54) is 16.9 Å². The molecule has 0 aliphatic rings. The molecule has 0 fully saturated rings. The number of fused-ring (bicyclic) bond motifs is 1. The SMILES string of the molecule is COc1ccc(-c2n[nH]c(=S)n2CC(=O)Nc2nc3c(C)cc(C)cc3s2)cc1. The summed E-state index contributed by atoms with van der Waals surface area (Å²) < 4.78 is 8.28. The molecule has 148 valence electrons. The van der Waals surface area contributed by atoms with Crippen molar-refractivity contribution in [2.75, 3.05) is 12.4 Å². The number of nitrogens with one attached hydrogen (secondary N) is 2. The summed E-state index contributed by atoms with van der Waals surface area (Å²) in [5.41, 5.74) is 4.01. The molecule has 4 aromatic rings. The van der Waals surface area contributed by atoms with Crippen molar-refractivity contribution in [3.05, 3.63) is 52.3 Å². The molecule has 1 amide bonds. The normalized spacial score (nSPS) is 11.0. The Kier molecular flexibility index (Phi) is 5.16. The van der Waals surface area contributed by atoms with Gasteiger partial charge in [-0.3, -0.25) is 14.5 Å². The van der Waals surface area contributed by atoms with Gasteiger partial charge in [-0.15, -0.1) is 0 Å². The molecule has 0 radical (unpaired) electrons. The number of aromatic amines is 1. The molecule has 0 spiro atoms. The highest BCUT2D eigenvalue weighted by Gasteiger charge is 2.15. The summed E-state index contributed by atoms with van der Waals surface area (Å²) >= 11 is 6.78. The van der Waals surface area contributed by atoms with Gasteiger partial charge < -0.3 is 10.1 Å². The molecular weight excluding hydrogens is 406 g/mol. The Balaban J connectivity index is 1.57. The Morgan fingerprint density at radius 2 is 2.03 bits per heavy atom. The highest BCUT2D eigenvalue weighted by atomic mass is 32.1. The fourth-order valence-electron chi connectivity index (χ4n) is 3.15. The molecule has 4 rings (SSSR count). The lowest BCUT2D eigenvalue weighted by Crippen LogP contribution is -2.19. The van der Waals surface area contributed by atoms with Gasteiger partial charge in [0.25, 0.3) is 0 Å². The zero-order valence-corrected chi connectivity index (χ0v) is 17.8. The number of hydrogen-bond acceptors (Lipinski definition) is 6. The van der Waals surface area contributed by atoms with Crippen molar-refractivity contribution in [1.82, 2.24) is 19.7 Å². The molecular formula is C20H19N5O2S2. The molecule has 2 aromatic heterocycles. The Hall–Kier alpha value is -3.04. The lowest BCUT2D eigenvalue weighted by atomic mass is 10.1. The number of thiazole rings is 1. The minimum absolute atomic E-state index is 0.0324. The van der Waals surface area contributed by atoms with Crippen molar-refractivity contribution in [3.63, 3.8) is 0 Å². The molecule has 0 saturated heterocycles. The molecule has 0 unspecified atom stereocenters. The third-order valence-corrected chi connectivity index (χ3v) is 5.71. The first-order valence-electron chi connectivity index (χ1n) is 8.92. The van der Waals surface area contributed by atoms with Gasteiger partial charge >= 0.3 is 0 Å². The fourth-order valence-corrected chi connectivity index (χ4v) is 4.41. The summed E-state index contributed by atoms with van der Waals surface area (Å²) in [6.07, 6.45) is 0. The summed E-state index contributed by atoms with van der Waals surface area (Å²) in [6.45, 7) is 4.10. The third-order valence-electron chi connectivity index (χ3n) is 4.48. The maximum Gasteiger partial charge on any atom is 0.246 e. The van der Waals surface area contributed by atoms with Crippen LogP contribution in [0, 0.1) is 18.6 Å². The average molecular weight is 426 g/mol. The highest BCUT2D eigenvalue weighted by molar-refractivity contribution is 7.71. The highest BCUT2D eigenvalue weighted by Crippen LogP contribution is 2.29. The number of amides is 1. The van der Waals surface area contributed by atoms with Gasteiger partial charge in [-0.25, -0.2) is 4.98 Å². The molecule has 2 aromatic carbocycles. The lowest BCUT2D eigenvalue weighted by Gasteiger charge is -2.07. The van der Waals surface area contributed by atoms with Crippen LogP contribution < -0.4 is 10.1 Å². The van der Waals surface area contributed by atoms with Crippen molar-refractivity contribution < 1.29 is 9.53 Å². The Bertz CT molecular complexity index is 1250. The van der Waals surface area contributed by atoms with Gasteiger partial charge in [0.1, 0.15) is 12.3 Å². The molecule has 0 saturated carbocycles. The van der Waals surface area contributed by atoms with Crippen molar-refractivity contribution in [3.8, 4) is 17.1 Å². The van der Waals surface area contributed by atoms with E-state index in [4.69, 9.17) is 17.0 Å². The predicted octanol–water partition coefficient (Wildman–Crippen LogP) is 4.48. The van der Waals surface area contributed by atoms with Gasteiger partial charge in [-0.2, -0.15) is 5.10 Å². The molecule has 2 N–H and O–H groups in total. The Labute approximate surface area is 176 Å². The number of rotatable bonds is 5. The smallest absolute Gasteiger partial charge is 0.246 e. The minimum atomic E-state index is -0.217. The van der Waals surface area contributed by atoms with E-state index in [0.29, 0.717) is 15.7 Å². The van der Waals surface area contributed by atoms with Gasteiger partial charge in [-0.05, 0) is 67.5 Å². The zero-order chi connectivity index (χ0) is 20.5. The van der Waals surface area contributed by atoms with Crippen LogP contribution in [0.25, 0.3) is 21.6 Å². The van der Waals surface area contributed by atoms with E-state index in [0.717, 1.165) is 27.1 Å². The quantitative estimate of drug-likeness (QED) is 0.461. The summed E-state index contributed by atoms with van der Waals surface area (Å²) in [5, 5.41) is 10.5. The van der Waals surface area contributed by atoms with E-state index in [1.807, 2.05) is 38.1 Å². The fraction of sp³-hybridized carbons (Fsp3) is 0.200. The van der Waals surface area contributed by atoms with Gasteiger partial charge in [0.15, 0.2) is 15.7 Å². The second-order valence-electron chi connectivity index (χ2n) is 6.66. The average Bonchev–Trinajstić information content (AvgIpc) is 3.25. The van der Waals surface area contributed by atoms with Crippen molar-refractivity contribution in [1.29, 1.82) is 0 Å². The number of carbonyl (C=O) groups excluding carboxylic acids is 1. The number of ether oxygens (including phenoxy) is 1. The van der Waals surface area contributed by atoms with Crippen LogP contribution in [-0.4, -0.2) is 32.8 Å². The van der Waals surface area contributed by atoms with E-state index in [9.17, 15) is 4.79 Å². The first kappa shape index (κ1) is 19.3. The zero-order valence-electron chi connectivity index (χ0n) is 16.1. The van der Waals surface area contributed by atoms with Crippen molar-refractivity contribution in [2.24, 2.45) is 0 Å².